The maximum Gasteiger partial charge on any atom is 0.164 e. The fourth-order valence-electron chi connectivity index (χ4n) is 1.58. The SMILES string of the molecule is C[C@]12CCCC(=O)[C@@H]1O2. The molecule has 0 N–H and O–H groups in total. The van der Waals surface area contributed by atoms with Gasteiger partial charge in [-0.15, -0.1) is 0 Å². The third-order valence-corrected chi connectivity index (χ3v) is 2.27. The predicted molar refractivity (Wildman–Crippen MR) is 32.1 cm³/mol. The Morgan fingerprint density at radius 3 is 3.11 bits per heavy atom. The summed E-state index contributed by atoms with van der Waals surface area (Å²) >= 11 is 0. The molecule has 0 amide bonds. The second-order valence-corrected chi connectivity index (χ2v) is 3.13. The Bertz CT molecular complexity index is 164. The molecule has 2 aliphatic rings. The molecular weight excluding hydrogens is 116 g/mol. The average molecular weight is 126 g/mol. The van der Waals surface area contributed by atoms with Crippen LogP contribution in [0.5, 0.6) is 0 Å². The number of carbonyl (C=O) groups excluding carboxylic acids is 1. The van der Waals surface area contributed by atoms with Gasteiger partial charge in [0.15, 0.2) is 5.78 Å². The molecule has 2 heteroatoms. The molecule has 9 heavy (non-hydrogen) atoms. The number of epoxide rings is 1. The van der Waals surface area contributed by atoms with Crippen LogP contribution in [0, 0.1) is 0 Å². The number of carbonyl (C=O) groups is 1. The van der Waals surface area contributed by atoms with Crippen molar-refractivity contribution in [3.05, 3.63) is 0 Å². The maximum absolute atomic E-state index is 10.9. The lowest BCUT2D eigenvalue weighted by molar-refractivity contribution is -0.120. The lowest BCUT2D eigenvalue weighted by Gasteiger charge is -2.09. The van der Waals surface area contributed by atoms with Crippen molar-refractivity contribution >= 4 is 5.78 Å². The molecule has 0 unspecified atom stereocenters. The molecule has 0 bridgehead atoms. The van der Waals surface area contributed by atoms with Crippen molar-refractivity contribution in [2.45, 2.75) is 37.9 Å². The van der Waals surface area contributed by atoms with Gasteiger partial charge in [0.1, 0.15) is 6.10 Å². The summed E-state index contributed by atoms with van der Waals surface area (Å²) in [4.78, 5) is 10.9. The van der Waals surface area contributed by atoms with Gasteiger partial charge in [0.05, 0.1) is 5.60 Å². The number of Topliss-reactive ketones (excluding diaryl/α,β-unsaturated/α-hetero) is 1. The van der Waals surface area contributed by atoms with E-state index in [1.165, 1.54) is 0 Å². The van der Waals surface area contributed by atoms with Gasteiger partial charge in [0.2, 0.25) is 0 Å². The molecule has 1 saturated heterocycles. The Hall–Kier alpha value is -0.370. The molecule has 2 rings (SSSR count). The highest BCUT2D eigenvalue weighted by atomic mass is 16.6. The first-order valence-corrected chi connectivity index (χ1v) is 3.43. The van der Waals surface area contributed by atoms with E-state index in [1.54, 1.807) is 0 Å². The van der Waals surface area contributed by atoms with Gasteiger partial charge in [-0.1, -0.05) is 0 Å². The van der Waals surface area contributed by atoms with E-state index < -0.39 is 0 Å². The Kier molecular flexibility index (Phi) is 0.826. The van der Waals surface area contributed by atoms with E-state index in [0.29, 0.717) is 5.78 Å². The van der Waals surface area contributed by atoms with E-state index >= 15 is 0 Å². The van der Waals surface area contributed by atoms with Crippen molar-refractivity contribution in [3.8, 4) is 0 Å². The van der Waals surface area contributed by atoms with Crippen LogP contribution in [0.1, 0.15) is 26.2 Å². The average Bonchev–Trinajstić information content (AvgIpc) is 2.43. The maximum atomic E-state index is 10.9. The van der Waals surface area contributed by atoms with E-state index in [1.807, 2.05) is 6.92 Å². The highest BCUT2D eigenvalue weighted by Gasteiger charge is 2.57. The van der Waals surface area contributed by atoms with E-state index in [2.05, 4.69) is 0 Å². The number of hydrogen-bond acceptors (Lipinski definition) is 2. The summed E-state index contributed by atoms with van der Waals surface area (Å²) < 4.78 is 5.23. The van der Waals surface area contributed by atoms with Crippen molar-refractivity contribution in [2.24, 2.45) is 0 Å². The second kappa shape index (κ2) is 1.37. The van der Waals surface area contributed by atoms with Crippen LogP contribution in [0.2, 0.25) is 0 Å². The van der Waals surface area contributed by atoms with Crippen molar-refractivity contribution in [1.82, 2.24) is 0 Å². The minimum Gasteiger partial charge on any atom is -0.358 e. The van der Waals surface area contributed by atoms with Gasteiger partial charge in [-0.3, -0.25) is 4.79 Å². The van der Waals surface area contributed by atoms with Crippen molar-refractivity contribution in [1.29, 1.82) is 0 Å². The zero-order valence-corrected chi connectivity index (χ0v) is 5.52. The number of ketones is 1. The van der Waals surface area contributed by atoms with Gasteiger partial charge in [0.25, 0.3) is 0 Å². The standard InChI is InChI=1S/C7H10O2/c1-7-4-2-3-5(8)6(7)9-7/h6H,2-4H2,1H3/t6-,7-/m0/s1. The molecule has 50 valence electrons. The van der Waals surface area contributed by atoms with Crippen LogP contribution in [0.25, 0.3) is 0 Å². The molecule has 2 atom stereocenters. The minimum absolute atomic E-state index is 0.0220. The quantitative estimate of drug-likeness (QED) is 0.451. The number of fused-ring (bicyclic) bond motifs is 1. The predicted octanol–water partition coefficient (Wildman–Crippen LogP) is 0.897. The number of hydrogen-bond donors (Lipinski definition) is 0. The van der Waals surface area contributed by atoms with Gasteiger partial charge in [-0.25, -0.2) is 0 Å². The second-order valence-electron chi connectivity index (χ2n) is 3.13. The molecule has 0 aromatic rings. The molecule has 0 aromatic carbocycles. The zero-order chi connectivity index (χ0) is 6.48. The Labute approximate surface area is 54.2 Å². The normalized spacial score (nSPS) is 48.6. The van der Waals surface area contributed by atoms with E-state index in [-0.39, 0.29) is 11.7 Å². The molecule has 1 saturated carbocycles. The molecule has 0 spiro atoms. The van der Waals surface area contributed by atoms with Gasteiger partial charge >= 0.3 is 0 Å². The summed E-state index contributed by atoms with van der Waals surface area (Å²) in [6.45, 7) is 2.02. The topological polar surface area (TPSA) is 29.6 Å². The minimum atomic E-state index is -0.0324. The lowest BCUT2D eigenvalue weighted by atomic mass is 9.90. The zero-order valence-electron chi connectivity index (χ0n) is 5.52. The van der Waals surface area contributed by atoms with Gasteiger partial charge < -0.3 is 4.74 Å². The molecule has 0 radical (unpaired) electrons. The molecule has 2 nitrogen and oxygen atoms in total. The van der Waals surface area contributed by atoms with Gasteiger partial charge in [-0.05, 0) is 19.8 Å². The van der Waals surface area contributed by atoms with Gasteiger partial charge in [-0.2, -0.15) is 0 Å². The summed E-state index contributed by atoms with van der Waals surface area (Å²) in [6.07, 6.45) is 2.81. The van der Waals surface area contributed by atoms with Crippen LogP contribution in [0.15, 0.2) is 0 Å². The van der Waals surface area contributed by atoms with Crippen LogP contribution >= 0.6 is 0 Å². The van der Waals surface area contributed by atoms with Crippen LogP contribution < -0.4 is 0 Å². The van der Waals surface area contributed by atoms with Crippen LogP contribution in [0.4, 0.5) is 0 Å². The first-order chi connectivity index (χ1) is 4.22. The van der Waals surface area contributed by atoms with Crippen molar-refractivity contribution in [3.63, 3.8) is 0 Å². The van der Waals surface area contributed by atoms with E-state index in [9.17, 15) is 4.79 Å². The lowest BCUT2D eigenvalue weighted by Crippen LogP contribution is -2.22. The van der Waals surface area contributed by atoms with E-state index in [4.69, 9.17) is 4.74 Å². The third-order valence-electron chi connectivity index (χ3n) is 2.27. The fraction of sp³-hybridized carbons (Fsp3) is 0.857. The summed E-state index contributed by atoms with van der Waals surface area (Å²) in [7, 11) is 0. The number of rotatable bonds is 0. The number of ether oxygens (including phenoxy) is 1. The Balaban J connectivity index is 2.16. The Morgan fingerprint density at radius 1 is 1.78 bits per heavy atom. The van der Waals surface area contributed by atoms with Crippen molar-refractivity contribution in [2.75, 3.05) is 0 Å². The molecule has 1 aliphatic heterocycles. The summed E-state index contributed by atoms with van der Waals surface area (Å²) in [5.74, 6) is 0.309. The van der Waals surface area contributed by atoms with Crippen molar-refractivity contribution < 1.29 is 9.53 Å². The largest absolute Gasteiger partial charge is 0.358 e. The third kappa shape index (κ3) is 0.628. The molecule has 2 fully saturated rings. The summed E-state index contributed by atoms with van der Waals surface area (Å²) in [6, 6.07) is 0. The first kappa shape index (κ1) is 5.42. The molecule has 1 heterocycles. The molecule has 1 aliphatic carbocycles. The molecule has 0 aromatic heterocycles. The highest BCUT2D eigenvalue weighted by Crippen LogP contribution is 2.45. The summed E-state index contributed by atoms with van der Waals surface area (Å²) in [5.41, 5.74) is -0.0324. The monoisotopic (exact) mass is 126 g/mol. The Morgan fingerprint density at radius 2 is 2.56 bits per heavy atom. The fourth-order valence-corrected chi connectivity index (χ4v) is 1.58. The molecular formula is C7H10O2. The van der Waals surface area contributed by atoms with Crippen LogP contribution in [-0.2, 0) is 9.53 Å². The van der Waals surface area contributed by atoms with Crippen LogP contribution in [0.3, 0.4) is 0 Å². The van der Waals surface area contributed by atoms with E-state index in [0.717, 1.165) is 19.3 Å². The highest BCUT2D eigenvalue weighted by molar-refractivity contribution is 5.87. The van der Waals surface area contributed by atoms with Crippen LogP contribution in [-0.4, -0.2) is 17.5 Å². The first-order valence-electron chi connectivity index (χ1n) is 3.43. The summed E-state index contributed by atoms with van der Waals surface area (Å²) in [5, 5.41) is 0. The smallest absolute Gasteiger partial charge is 0.164 e. The van der Waals surface area contributed by atoms with Gasteiger partial charge in [0, 0.05) is 6.42 Å².